The summed E-state index contributed by atoms with van der Waals surface area (Å²) >= 11 is 6.16. The van der Waals surface area contributed by atoms with E-state index >= 15 is 0 Å². The Kier molecular flexibility index (Phi) is 8.53. The number of carbonyl (C=O) groups excluding carboxylic acids is 3. The molecule has 2 atom stereocenters. The molecule has 3 amide bonds. The summed E-state index contributed by atoms with van der Waals surface area (Å²) in [5.41, 5.74) is -0.487. The summed E-state index contributed by atoms with van der Waals surface area (Å²) in [4.78, 5) is 66.4. The van der Waals surface area contributed by atoms with Gasteiger partial charge in [0.25, 0.3) is 11.5 Å². The van der Waals surface area contributed by atoms with Gasteiger partial charge in [-0.05, 0) is 67.5 Å². The number of nitrogens with zero attached hydrogens (tertiary/aromatic N) is 7. The van der Waals surface area contributed by atoms with Crippen LogP contribution in [0.5, 0.6) is 5.75 Å². The summed E-state index contributed by atoms with van der Waals surface area (Å²) in [6.07, 6.45) is -0.628. The van der Waals surface area contributed by atoms with E-state index in [1.54, 1.807) is 15.5 Å². The molecular weight excluding hydrogens is 779 g/mol. The predicted molar refractivity (Wildman–Crippen MR) is 193 cm³/mol. The minimum absolute atomic E-state index is 0.0335. The Hall–Kier alpha value is -5.39. The van der Waals surface area contributed by atoms with Gasteiger partial charge < -0.3 is 24.8 Å². The molecule has 1 spiro atoms. The molecule has 9 rings (SSSR count). The van der Waals surface area contributed by atoms with Gasteiger partial charge in [0, 0.05) is 73.7 Å². The molecule has 3 fully saturated rings. The summed E-state index contributed by atoms with van der Waals surface area (Å²) in [5.74, 6) is -5.06. The molecule has 3 aromatic heterocycles. The molecule has 13 nitrogen and oxygen atoms in total. The summed E-state index contributed by atoms with van der Waals surface area (Å²) in [7, 11) is 0. The van der Waals surface area contributed by atoms with Crippen molar-refractivity contribution in [2.45, 2.75) is 68.5 Å². The number of pyridine rings is 1. The van der Waals surface area contributed by atoms with Gasteiger partial charge >= 0.3 is 6.18 Å². The largest absolute Gasteiger partial charge is 0.505 e. The molecule has 0 unspecified atom stereocenters. The molecule has 19 heteroatoms. The zero-order valence-electron chi connectivity index (χ0n) is 30.0. The average molecular weight is 813 g/mol. The number of halogens is 6. The number of rotatable bonds is 6. The highest BCUT2D eigenvalue weighted by atomic mass is 35.5. The maximum atomic E-state index is 14.6. The first-order valence-corrected chi connectivity index (χ1v) is 18.9. The molecule has 5 heterocycles. The Balaban J connectivity index is 1.06. The first kappa shape index (κ1) is 37.2. The van der Waals surface area contributed by atoms with Crippen LogP contribution in [0, 0.1) is 11.8 Å². The molecule has 2 aliphatic heterocycles. The Morgan fingerprint density at radius 2 is 1.81 bits per heavy atom. The van der Waals surface area contributed by atoms with Crippen LogP contribution in [0.4, 0.5) is 27.6 Å². The van der Waals surface area contributed by atoms with Crippen LogP contribution in [-0.2, 0) is 27.7 Å². The standard InChI is InChI=1S/C38H34ClF5N8O5/c39-24-14-21(38(42,43)44)3-4-25(24)46-27(54)18-51-30-22-15-23(22)36(7-12-50(13-8-36)34(57)29-26(53)2-1-9-45-29)28(30)33(56)52-35(51)47-31(48-52)19-5-10-49(11-6-19)32(55)20-16-37(40,41)17-20/h1-5,9,14,20,22-23,53H,6-8,10-13,15-18H2,(H,46,54)/t22-,23+/m0/s1. The highest BCUT2D eigenvalue weighted by molar-refractivity contribution is 6.33. The lowest BCUT2D eigenvalue weighted by molar-refractivity contribution is -0.159. The number of hydrogen-bond donors (Lipinski definition) is 2. The lowest BCUT2D eigenvalue weighted by Gasteiger charge is -2.41. The molecule has 2 N–H and O–H groups in total. The van der Waals surface area contributed by atoms with E-state index in [4.69, 9.17) is 16.6 Å². The number of aromatic hydroxyl groups is 1. The quantitative estimate of drug-likeness (QED) is 0.250. The SMILES string of the molecule is O=C(Cn1c2c(c(=O)n3nc(C4=CCN(C(=O)C5CC(F)(F)C5)CC4)nc13)C1(CCN(C(=O)c3ncccc3O)CC1)[C@@H]1C[C@H]21)Nc1ccc(C(F)(F)F)cc1Cl. The van der Waals surface area contributed by atoms with Crippen LogP contribution in [0.2, 0.25) is 5.02 Å². The van der Waals surface area contributed by atoms with E-state index in [1.165, 1.54) is 23.2 Å². The van der Waals surface area contributed by atoms with Gasteiger partial charge in [-0.15, -0.1) is 5.10 Å². The Bertz CT molecular complexity index is 2470. The Morgan fingerprint density at radius 3 is 2.46 bits per heavy atom. The first-order valence-electron chi connectivity index (χ1n) is 18.5. The number of anilines is 1. The third-order valence-corrected chi connectivity index (χ3v) is 12.5. The number of piperidine rings is 1. The Labute approximate surface area is 325 Å². The van der Waals surface area contributed by atoms with Gasteiger partial charge in [-0.25, -0.2) is 13.8 Å². The van der Waals surface area contributed by atoms with Crippen molar-refractivity contribution < 1.29 is 41.4 Å². The topological polar surface area (TPSA) is 155 Å². The van der Waals surface area contributed by atoms with Crippen molar-refractivity contribution >= 4 is 46.4 Å². The predicted octanol–water partition coefficient (Wildman–Crippen LogP) is 5.25. The Morgan fingerprint density at radius 1 is 1.05 bits per heavy atom. The van der Waals surface area contributed by atoms with Crippen LogP contribution < -0.4 is 10.9 Å². The number of aromatic nitrogens is 5. The number of fused-ring (bicyclic) bond motifs is 6. The smallest absolute Gasteiger partial charge is 0.416 e. The van der Waals surface area contributed by atoms with Crippen molar-refractivity contribution in [3.63, 3.8) is 0 Å². The lowest BCUT2D eigenvalue weighted by Crippen LogP contribution is -2.48. The number of nitrogens with one attached hydrogen (secondary N) is 1. The molecule has 0 bridgehead atoms. The van der Waals surface area contributed by atoms with E-state index in [9.17, 15) is 46.2 Å². The minimum atomic E-state index is -4.64. The maximum absolute atomic E-state index is 14.6. The van der Waals surface area contributed by atoms with Gasteiger partial charge in [-0.1, -0.05) is 17.7 Å². The van der Waals surface area contributed by atoms with E-state index in [-0.39, 0.29) is 84.1 Å². The van der Waals surface area contributed by atoms with Gasteiger partial charge in [-0.2, -0.15) is 22.7 Å². The van der Waals surface area contributed by atoms with Gasteiger partial charge in [0.2, 0.25) is 23.5 Å². The zero-order chi connectivity index (χ0) is 40.2. The van der Waals surface area contributed by atoms with Crippen molar-refractivity contribution in [1.82, 2.24) is 33.9 Å². The number of hydrogen-bond acceptors (Lipinski definition) is 8. The van der Waals surface area contributed by atoms with Crippen molar-refractivity contribution in [3.05, 3.63) is 86.3 Å². The summed E-state index contributed by atoms with van der Waals surface area (Å²) in [6.45, 7) is 0.521. The van der Waals surface area contributed by atoms with Crippen molar-refractivity contribution in [2.24, 2.45) is 11.8 Å². The number of amides is 3. The van der Waals surface area contributed by atoms with Crippen LogP contribution in [-0.4, -0.2) is 88.9 Å². The fraction of sp³-hybridized carbons (Fsp3) is 0.447. The van der Waals surface area contributed by atoms with Crippen molar-refractivity contribution in [1.29, 1.82) is 0 Å². The molecular formula is C38H34ClF5N8O5. The molecule has 298 valence electrons. The molecule has 1 saturated heterocycles. The van der Waals surface area contributed by atoms with E-state index < -0.39 is 65.8 Å². The van der Waals surface area contributed by atoms with E-state index in [2.05, 4.69) is 15.4 Å². The molecule has 0 radical (unpaired) electrons. The van der Waals surface area contributed by atoms with Gasteiger partial charge in [0.05, 0.1) is 16.3 Å². The summed E-state index contributed by atoms with van der Waals surface area (Å²) in [6, 6.07) is 5.49. The molecule has 4 aromatic rings. The van der Waals surface area contributed by atoms with Gasteiger partial charge in [0.1, 0.15) is 12.3 Å². The van der Waals surface area contributed by atoms with Crippen LogP contribution >= 0.6 is 11.6 Å². The molecule has 5 aliphatic rings. The summed E-state index contributed by atoms with van der Waals surface area (Å²) < 4.78 is 69.6. The molecule has 57 heavy (non-hydrogen) atoms. The van der Waals surface area contributed by atoms with Gasteiger partial charge in [0.15, 0.2) is 11.5 Å². The fourth-order valence-electron chi connectivity index (χ4n) is 9.25. The second-order valence-electron chi connectivity index (χ2n) is 15.5. The van der Waals surface area contributed by atoms with E-state index in [0.29, 0.717) is 36.1 Å². The average Bonchev–Trinajstić information content (AvgIpc) is 3.76. The molecule has 3 aliphatic carbocycles. The second kappa shape index (κ2) is 13.1. The number of alkyl halides is 5. The normalized spacial score (nSPS) is 22.2. The minimum Gasteiger partial charge on any atom is -0.505 e. The van der Waals surface area contributed by atoms with Crippen LogP contribution in [0.15, 0.2) is 47.4 Å². The zero-order valence-corrected chi connectivity index (χ0v) is 30.8. The maximum Gasteiger partial charge on any atom is 0.416 e. The number of likely N-dealkylation sites (tertiary alicyclic amines) is 1. The van der Waals surface area contributed by atoms with Crippen LogP contribution in [0.3, 0.4) is 0 Å². The molecule has 2 saturated carbocycles. The lowest BCUT2D eigenvalue weighted by atomic mass is 9.71. The third kappa shape index (κ3) is 6.22. The van der Waals surface area contributed by atoms with Gasteiger partial charge in [-0.3, -0.25) is 19.2 Å². The highest BCUT2D eigenvalue weighted by Gasteiger charge is 2.64. The summed E-state index contributed by atoms with van der Waals surface area (Å²) in [5, 5.41) is 17.2. The number of benzene rings is 1. The second-order valence-corrected chi connectivity index (χ2v) is 15.9. The number of carbonyl (C=O) groups is 3. The van der Waals surface area contributed by atoms with Crippen LogP contribution in [0.1, 0.15) is 77.6 Å². The van der Waals surface area contributed by atoms with Crippen molar-refractivity contribution in [2.75, 3.05) is 31.5 Å². The van der Waals surface area contributed by atoms with Crippen molar-refractivity contribution in [3.8, 4) is 5.75 Å². The third-order valence-electron chi connectivity index (χ3n) is 12.2. The highest BCUT2D eigenvalue weighted by Crippen LogP contribution is 2.67. The van der Waals surface area contributed by atoms with E-state index in [0.717, 1.165) is 22.7 Å². The fourth-order valence-corrected chi connectivity index (χ4v) is 9.47. The monoisotopic (exact) mass is 812 g/mol. The van der Waals surface area contributed by atoms with E-state index in [1.807, 2.05) is 0 Å². The van der Waals surface area contributed by atoms with Crippen LogP contribution in [0.25, 0.3) is 11.4 Å². The molecule has 1 aromatic carbocycles. The first-order chi connectivity index (χ1) is 27.0.